The minimum Gasteiger partial charge on any atom is -0.330 e. The largest absolute Gasteiger partial charge is 0.330 e. The van der Waals surface area contributed by atoms with Crippen LogP contribution >= 0.6 is 0 Å². The van der Waals surface area contributed by atoms with Crippen LogP contribution in [-0.2, 0) is 13.1 Å². The van der Waals surface area contributed by atoms with Gasteiger partial charge in [0.2, 0.25) is 0 Å². The maximum absolute atomic E-state index is 12.5. The molecule has 1 amide bonds. The third-order valence-electron chi connectivity index (χ3n) is 3.83. The summed E-state index contributed by atoms with van der Waals surface area (Å²) in [5, 5.41) is 8.95. The molecule has 0 fully saturated rings. The van der Waals surface area contributed by atoms with Crippen molar-refractivity contribution in [3.63, 3.8) is 0 Å². The third-order valence-corrected chi connectivity index (χ3v) is 3.83. The number of hydrogen-bond donors (Lipinski definition) is 2. The fourth-order valence-electron chi connectivity index (χ4n) is 2.67. The summed E-state index contributed by atoms with van der Waals surface area (Å²) < 4.78 is 0. The van der Waals surface area contributed by atoms with Crippen LogP contribution in [0.25, 0.3) is 0 Å². The van der Waals surface area contributed by atoms with Crippen LogP contribution in [-0.4, -0.2) is 10.8 Å². The molecule has 4 N–H and O–H groups in total. The van der Waals surface area contributed by atoms with E-state index in [9.17, 15) is 4.79 Å². The van der Waals surface area contributed by atoms with Gasteiger partial charge in [0, 0.05) is 18.7 Å². The number of nitrogens with two attached hydrogens (primary N) is 2. The van der Waals surface area contributed by atoms with Gasteiger partial charge in [-0.3, -0.25) is 4.79 Å². The van der Waals surface area contributed by atoms with Gasteiger partial charge >= 0.3 is 0 Å². The van der Waals surface area contributed by atoms with Crippen LogP contribution < -0.4 is 11.5 Å². The maximum atomic E-state index is 12.5. The van der Waals surface area contributed by atoms with Gasteiger partial charge in [-0.1, -0.05) is 24.3 Å². The van der Waals surface area contributed by atoms with E-state index >= 15 is 0 Å². The van der Waals surface area contributed by atoms with Gasteiger partial charge in [-0.15, -0.1) is 0 Å². The van der Waals surface area contributed by atoms with E-state index in [-0.39, 0.29) is 5.91 Å². The average Bonchev–Trinajstić information content (AvgIpc) is 2.83. The first kappa shape index (κ1) is 14.3. The fourth-order valence-corrected chi connectivity index (χ4v) is 2.67. The van der Waals surface area contributed by atoms with Crippen LogP contribution in [0, 0.1) is 11.3 Å². The minimum absolute atomic E-state index is 0.0279. The van der Waals surface area contributed by atoms with Gasteiger partial charge in [-0.05, 0) is 34.9 Å². The molecular weight excluding hydrogens is 276 g/mol. The van der Waals surface area contributed by atoms with Crippen LogP contribution in [0.2, 0.25) is 0 Å². The molecule has 1 aliphatic rings. The van der Waals surface area contributed by atoms with E-state index in [0.717, 1.165) is 16.7 Å². The Morgan fingerprint density at radius 2 is 2.05 bits per heavy atom. The zero-order chi connectivity index (χ0) is 15.7. The van der Waals surface area contributed by atoms with Crippen LogP contribution in [0.1, 0.15) is 38.8 Å². The summed E-state index contributed by atoms with van der Waals surface area (Å²) >= 11 is 0. The summed E-state index contributed by atoms with van der Waals surface area (Å²) in [7, 11) is 0. The number of hydrogen-bond acceptors (Lipinski definition) is 4. The molecule has 110 valence electrons. The molecule has 0 aromatic heterocycles. The van der Waals surface area contributed by atoms with Crippen molar-refractivity contribution >= 4 is 5.91 Å². The number of amides is 1. The summed E-state index contributed by atoms with van der Waals surface area (Å²) in [6.45, 7) is 1.04. The zero-order valence-corrected chi connectivity index (χ0v) is 12.0. The molecule has 0 bridgehead atoms. The van der Waals surface area contributed by atoms with Gasteiger partial charge in [0.05, 0.1) is 17.8 Å². The predicted molar refractivity (Wildman–Crippen MR) is 82.3 cm³/mol. The van der Waals surface area contributed by atoms with Gasteiger partial charge in [0.15, 0.2) is 0 Å². The second-order valence-electron chi connectivity index (χ2n) is 5.42. The normalized spacial score (nSPS) is 13.4. The van der Waals surface area contributed by atoms with Gasteiger partial charge < -0.3 is 16.4 Å². The molecule has 3 rings (SSSR count). The molecule has 2 aromatic rings. The Morgan fingerprint density at radius 3 is 2.77 bits per heavy atom. The van der Waals surface area contributed by atoms with Crippen molar-refractivity contribution in [2.75, 3.05) is 0 Å². The summed E-state index contributed by atoms with van der Waals surface area (Å²) in [6.07, 6.45) is -0.584. The predicted octanol–water partition coefficient (Wildman–Crippen LogP) is 1.63. The molecule has 5 heteroatoms. The summed E-state index contributed by atoms with van der Waals surface area (Å²) in [6, 6.07) is 14.9. The topological polar surface area (TPSA) is 96.1 Å². The van der Waals surface area contributed by atoms with Gasteiger partial charge in [0.25, 0.3) is 5.91 Å². The third kappa shape index (κ3) is 2.58. The lowest BCUT2D eigenvalue weighted by Gasteiger charge is -2.15. The average molecular weight is 292 g/mol. The fraction of sp³-hybridized carbons (Fsp3) is 0.176. The molecule has 0 saturated heterocycles. The van der Waals surface area contributed by atoms with E-state index < -0.39 is 6.17 Å². The maximum Gasteiger partial charge on any atom is 0.254 e. The first-order valence-electron chi connectivity index (χ1n) is 7.01. The Morgan fingerprint density at radius 1 is 1.23 bits per heavy atom. The highest BCUT2D eigenvalue weighted by Crippen LogP contribution is 2.26. The molecule has 22 heavy (non-hydrogen) atoms. The summed E-state index contributed by atoms with van der Waals surface area (Å²) in [5.41, 5.74) is 15.3. The molecule has 0 spiro atoms. The number of carbonyl (C=O) groups is 1. The van der Waals surface area contributed by atoms with Crippen molar-refractivity contribution in [2.45, 2.75) is 19.3 Å². The van der Waals surface area contributed by atoms with Gasteiger partial charge in [0.1, 0.15) is 0 Å². The lowest BCUT2D eigenvalue weighted by molar-refractivity contribution is 0.0766. The summed E-state index contributed by atoms with van der Waals surface area (Å²) in [5.74, 6) is -0.0279. The van der Waals surface area contributed by atoms with Crippen molar-refractivity contribution in [1.29, 1.82) is 5.26 Å². The van der Waals surface area contributed by atoms with E-state index in [1.807, 2.05) is 24.3 Å². The Kier molecular flexibility index (Phi) is 3.63. The molecule has 5 nitrogen and oxygen atoms in total. The monoisotopic (exact) mass is 292 g/mol. The molecule has 1 aliphatic heterocycles. The number of nitrogens with zero attached hydrogens (tertiary/aromatic N) is 2. The number of nitriles is 1. The number of fused-ring (bicyclic) bond motifs is 1. The van der Waals surface area contributed by atoms with Crippen molar-refractivity contribution in [2.24, 2.45) is 11.5 Å². The number of benzene rings is 2. The molecule has 0 unspecified atom stereocenters. The molecule has 0 aliphatic carbocycles. The highest BCUT2D eigenvalue weighted by atomic mass is 16.2. The summed E-state index contributed by atoms with van der Waals surface area (Å²) in [4.78, 5) is 14.3. The highest BCUT2D eigenvalue weighted by Gasteiger charge is 2.27. The van der Waals surface area contributed by atoms with Crippen molar-refractivity contribution in [3.8, 4) is 6.07 Å². The van der Waals surface area contributed by atoms with E-state index in [1.54, 1.807) is 23.1 Å². The Balaban J connectivity index is 1.83. The molecule has 2 aromatic carbocycles. The van der Waals surface area contributed by atoms with E-state index in [1.165, 1.54) is 0 Å². The van der Waals surface area contributed by atoms with E-state index in [2.05, 4.69) is 6.07 Å². The quantitative estimate of drug-likeness (QED) is 0.840. The minimum atomic E-state index is -0.584. The van der Waals surface area contributed by atoms with Crippen LogP contribution in [0.15, 0.2) is 42.5 Å². The Bertz CT molecular complexity index is 776. The molecule has 0 saturated carbocycles. The number of rotatable bonds is 3. The smallest absolute Gasteiger partial charge is 0.254 e. The molecule has 1 heterocycles. The number of carbonyl (C=O) groups excluding carboxylic acids is 1. The van der Waals surface area contributed by atoms with E-state index in [0.29, 0.717) is 24.2 Å². The van der Waals surface area contributed by atoms with Crippen molar-refractivity contribution < 1.29 is 4.79 Å². The Hall–Kier alpha value is -2.68. The van der Waals surface area contributed by atoms with Crippen molar-refractivity contribution in [1.82, 2.24) is 4.90 Å². The highest BCUT2D eigenvalue weighted by molar-refractivity contribution is 5.98. The van der Waals surface area contributed by atoms with Gasteiger partial charge in [-0.2, -0.15) is 5.26 Å². The molecule has 0 atom stereocenters. The lowest BCUT2D eigenvalue weighted by Crippen LogP contribution is -2.23. The van der Waals surface area contributed by atoms with Gasteiger partial charge in [-0.25, -0.2) is 0 Å². The first-order valence-corrected chi connectivity index (χ1v) is 7.01. The van der Waals surface area contributed by atoms with Crippen molar-refractivity contribution in [3.05, 3.63) is 70.3 Å². The second kappa shape index (κ2) is 5.60. The lowest BCUT2D eigenvalue weighted by atomic mass is 10.0. The zero-order valence-electron chi connectivity index (χ0n) is 12.0. The SMILES string of the molecule is N#Cc1cccc(CN2Cc3ccc(C(N)N)cc3C2=O)c1. The van der Waals surface area contributed by atoms with Crippen LogP contribution in [0.5, 0.6) is 0 Å². The van der Waals surface area contributed by atoms with Crippen LogP contribution in [0.4, 0.5) is 0 Å². The second-order valence-corrected chi connectivity index (χ2v) is 5.42. The Labute approximate surface area is 128 Å². The first-order chi connectivity index (χ1) is 10.6. The van der Waals surface area contributed by atoms with E-state index in [4.69, 9.17) is 16.7 Å². The standard InChI is InChI=1S/C17H16N4O/c18-8-11-2-1-3-12(6-11)9-21-10-14-5-4-13(16(19)20)7-15(14)17(21)22/h1-7,16H,9-10,19-20H2. The van der Waals surface area contributed by atoms with Crippen LogP contribution in [0.3, 0.4) is 0 Å². The molecule has 0 radical (unpaired) electrons. The molecular formula is C17H16N4O.